The molecule has 1 saturated heterocycles. The third-order valence-electron chi connectivity index (χ3n) is 2.84. The van der Waals surface area contributed by atoms with E-state index < -0.39 is 11.1 Å². The van der Waals surface area contributed by atoms with E-state index in [1.54, 1.807) is 24.3 Å². The van der Waals surface area contributed by atoms with Crippen molar-refractivity contribution in [3.63, 3.8) is 0 Å². The van der Waals surface area contributed by atoms with E-state index in [0.717, 1.165) is 18.6 Å². The van der Waals surface area contributed by atoms with Crippen molar-refractivity contribution in [3.05, 3.63) is 24.3 Å². The van der Waals surface area contributed by atoms with Gasteiger partial charge < -0.3 is 18.8 Å². The summed E-state index contributed by atoms with van der Waals surface area (Å²) in [6, 6.07) is 6.75. The first-order valence-corrected chi connectivity index (χ1v) is 6.90. The molecule has 1 aromatic rings. The first kappa shape index (κ1) is 13.7. The molecule has 0 radical (unpaired) electrons. The predicted octanol–water partition coefficient (Wildman–Crippen LogP) is -0.0590. The summed E-state index contributed by atoms with van der Waals surface area (Å²) in [5.41, 5.74) is 0.869. The second-order valence-electron chi connectivity index (χ2n) is 4.19. The first-order chi connectivity index (χ1) is 8.66. The molecule has 0 bridgehead atoms. The summed E-state index contributed by atoms with van der Waals surface area (Å²) in [5, 5.41) is 0. The van der Waals surface area contributed by atoms with Crippen LogP contribution in [0.3, 0.4) is 0 Å². The molecule has 0 amide bonds. The first-order valence-electron chi connectivity index (χ1n) is 5.79. The van der Waals surface area contributed by atoms with Gasteiger partial charge in [0.2, 0.25) is 0 Å². The minimum atomic E-state index is -1.94. The average molecular weight is 269 g/mol. The van der Waals surface area contributed by atoms with Crippen molar-refractivity contribution >= 4 is 23.7 Å². The zero-order chi connectivity index (χ0) is 13.0. The topological polar surface area (TPSA) is 59.0 Å². The molecule has 18 heavy (non-hydrogen) atoms. The van der Waals surface area contributed by atoms with E-state index in [4.69, 9.17) is 13.9 Å². The molecule has 1 unspecified atom stereocenters. The normalized spacial score (nSPS) is 20.2. The summed E-state index contributed by atoms with van der Waals surface area (Å²) in [4.78, 5) is 2.53. The fourth-order valence-corrected chi connectivity index (χ4v) is 2.09. The smallest absolute Gasteiger partial charge is 0.406 e. The van der Waals surface area contributed by atoms with E-state index in [-0.39, 0.29) is 7.12 Å². The molecule has 1 atom stereocenters. The molecule has 2 rings (SSSR count). The van der Waals surface area contributed by atoms with Crippen molar-refractivity contribution in [3.8, 4) is 0 Å². The van der Waals surface area contributed by atoms with Crippen LogP contribution in [-0.4, -0.2) is 54.1 Å². The Balaban J connectivity index is 2.03. The van der Waals surface area contributed by atoms with Gasteiger partial charge in [-0.05, 0) is 24.6 Å². The van der Waals surface area contributed by atoms with Crippen molar-refractivity contribution in [2.24, 2.45) is 0 Å². The number of benzene rings is 1. The highest BCUT2D eigenvalue weighted by Crippen LogP contribution is 2.04. The molecule has 0 spiro atoms. The van der Waals surface area contributed by atoms with Crippen LogP contribution in [0, 0.1) is 0 Å². The highest BCUT2D eigenvalue weighted by Gasteiger charge is 2.23. The number of hydrogen-bond donors (Lipinski definition) is 1. The summed E-state index contributed by atoms with van der Waals surface area (Å²) in [6.07, 6.45) is 0. The van der Waals surface area contributed by atoms with Crippen molar-refractivity contribution in [1.29, 1.82) is 0 Å². The Bertz CT molecular complexity index is 404. The summed E-state index contributed by atoms with van der Waals surface area (Å²) in [7, 11) is 1.64. The van der Waals surface area contributed by atoms with Crippen molar-refractivity contribution < 1.29 is 18.1 Å². The van der Waals surface area contributed by atoms with Crippen LogP contribution >= 0.6 is 0 Å². The van der Waals surface area contributed by atoms with Crippen LogP contribution in [0.4, 0.5) is 0 Å². The molecule has 0 aromatic heterocycles. The fraction of sp³-hybridized carbons (Fsp3) is 0.455. The standard InChI is InChI=1S/C11H16BNO4S/c1-13-6-8-16-12(17-9-7-13)10-2-4-11(5-3-10)18(14)15/h2-5H,6-9H2,1H3,(H,14,15). The Morgan fingerprint density at radius 3 is 2.28 bits per heavy atom. The molecule has 5 nitrogen and oxygen atoms in total. The molecule has 7 heteroatoms. The molecule has 1 N–H and O–H groups in total. The van der Waals surface area contributed by atoms with Crippen molar-refractivity contribution in [2.75, 3.05) is 33.4 Å². The number of likely N-dealkylation sites (N-methyl/N-ethyl adjacent to an activating group) is 1. The van der Waals surface area contributed by atoms with Crippen LogP contribution in [0.5, 0.6) is 0 Å². The van der Waals surface area contributed by atoms with Crippen LogP contribution in [-0.2, 0) is 20.4 Å². The molecule has 1 fully saturated rings. The van der Waals surface area contributed by atoms with Gasteiger partial charge in [0.1, 0.15) is 0 Å². The molecule has 1 heterocycles. The van der Waals surface area contributed by atoms with E-state index in [2.05, 4.69) is 4.90 Å². The Hall–Kier alpha value is -0.725. The van der Waals surface area contributed by atoms with Crippen LogP contribution in [0.25, 0.3) is 0 Å². The predicted molar refractivity (Wildman–Crippen MR) is 70.3 cm³/mol. The minimum Gasteiger partial charge on any atom is -0.406 e. The Morgan fingerprint density at radius 1 is 1.22 bits per heavy atom. The van der Waals surface area contributed by atoms with E-state index in [9.17, 15) is 4.21 Å². The zero-order valence-corrected chi connectivity index (χ0v) is 11.1. The summed E-state index contributed by atoms with van der Waals surface area (Å²) in [5.74, 6) is 0. The molecule has 98 valence electrons. The maximum Gasteiger partial charge on any atom is 0.493 e. The molecule has 0 saturated carbocycles. The lowest BCUT2D eigenvalue weighted by atomic mass is 9.79. The number of hydrogen-bond acceptors (Lipinski definition) is 4. The number of rotatable bonds is 2. The molecule has 0 aliphatic carbocycles. The van der Waals surface area contributed by atoms with Crippen LogP contribution in [0.1, 0.15) is 0 Å². The molecular formula is C11H16BNO4S. The molecular weight excluding hydrogens is 253 g/mol. The highest BCUT2D eigenvalue weighted by atomic mass is 32.2. The van der Waals surface area contributed by atoms with Gasteiger partial charge in [-0.1, -0.05) is 12.1 Å². The van der Waals surface area contributed by atoms with Crippen LogP contribution in [0.2, 0.25) is 0 Å². The zero-order valence-electron chi connectivity index (χ0n) is 10.2. The quantitative estimate of drug-likeness (QED) is 0.602. The van der Waals surface area contributed by atoms with E-state index >= 15 is 0 Å². The SMILES string of the molecule is CN1CCOB(c2ccc(S(=O)O)cc2)OCC1. The molecule has 1 aliphatic rings. The van der Waals surface area contributed by atoms with Gasteiger partial charge in [0.05, 0.1) is 4.90 Å². The summed E-state index contributed by atoms with van der Waals surface area (Å²) >= 11 is -1.94. The van der Waals surface area contributed by atoms with Gasteiger partial charge in [-0.25, -0.2) is 4.21 Å². The molecule has 1 aliphatic heterocycles. The van der Waals surface area contributed by atoms with Crippen molar-refractivity contribution in [1.82, 2.24) is 4.90 Å². The third-order valence-corrected chi connectivity index (χ3v) is 3.51. The molecule has 1 aromatic carbocycles. The second kappa shape index (κ2) is 6.44. The monoisotopic (exact) mass is 269 g/mol. The Kier molecular flexibility index (Phi) is 4.90. The van der Waals surface area contributed by atoms with Crippen LogP contribution < -0.4 is 5.46 Å². The Morgan fingerprint density at radius 2 is 1.78 bits per heavy atom. The van der Waals surface area contributed by atoms with Crippen LogP contribution in [0.15, 0.2) is 29.2 Å². The van der Waals surface area contributed by atoms with E-state index in [0.29, 0.717) is 18.1 Å². The van der Waals surface area contributed by atoms with Gasteiger partial charge in [0.15, 0.2) is 11.1 Å². The second-order valence-corrected chi connectivity index (χ2v) is 5.16. The Labute approximate surface area is 110 Å². The van der Waals surface area contributed by atoms with Crippen molar-refractivity contribution in [2.45, 2.75) is 4.90 Å². The van der Waals surface area contributed by atoms with Gasteiger partial charge in [0, 0.05) is 26.3 Å². The lowest BCUT2D eigenvalue weighted by molar-refractivity contribution is 0.132. The van der Waals surface area contributed by atoms with Gasteiger partial charge in [-0.3, -0.25) is 0 Å². The van der Waals surface area contributed by atoms with E-state index in [1.165, 1.54) is 0 Å². The van der Waals surface area contributed by atoms with Gasteiger partial charge in [-0.2, -0.15) is 0 Å². The lowest BCUT2D eigenvalue weighted by Gasteiger charge is -2.24. The summed E-state index contributed by atoms with van der Waals surface area (Å²) < 4.78 is 31.1. The van der Waals surface area contributed by atoms with Gasteiger partial charge in [-0.15, -0.1) is 0 Å². The maximum absolute atomic E-state index is 10.9. The van der Waals surface area contributed by atoms with Gasteiger partial charge in [0.25, 0.3) is 0 Å². The third kappa shape index (κ3) is 3.63. The lowest BCUT2D eigenvalue weighted by Crippen LogP contribution is -2.43. The largest absolute Gasteiger partial charge is 0.493 e. The summed E-state index contributed by atoms with van der Waals surface area (Å²) in [6.45, 7) is 2.96. The maximum atomic E-state index is 10.9. The number of nitrogens with zero attached hydrogens (tertiary/aromatic N) is 1. The highest BCUT2D eigenvalue weighted by molar-refractivity contribution is 7.79. The minimum absolute atomic E-state index is 0.379. The fourth-order valence-electron chi connectivity index (χ4n) is 1.72. The van der Waals surface area contributed by atoms with E-state index in [1.807, 2.05) is 7.05 Å². The average Bonchev–Trinajstić information content (AvgIpc) is 2.34. The van der Waals surface area contributed by atoms with Gasteiger partial charge >= 0.3 is 7.12 Å².